The molecule has 0 aliphatic heterocycles. The summed E-state index contributed by atoms with van der Waals surface area (Å²) in [6, 6.07) is 13.8. The molecular formula is C27H39N3O4S. The average molecular weight is 502 g/mol. The van der Waals surface area contributed by atoms with E-state index in [9.17, 15) is 4.79 Å². The Morgan fingerprint density at radius 1 is 1.06 bits per heavy atom. The first kappa shape index (κ1) is 28.6. The Labute approximate surface area is 214 Å². The lowest BCUT2D eigenvalue weighted by molar-refractivity contribution is -0.154. The van der Waals surface area contributed by atoms with Crippen LogP contribution in [0.1, 0.15) is 43.0 Å². The normalized spacial score (nSPS) is 12.2. The molecule has 4 N–H and O–H groups in total. The van der Waals surface area contributed by atoms with E-state index in [1.165, 1.54) is 11.1 Å². The Balaban J connectivity index is 2.19. The lowest BCUT2D eigenvalue weighted by Gasteiger charge is -2.33. The summed E-state index contributed by atoms with van der Waals surface area (Å²) in [7, 11) is 0. The van der Waals surface area contributed by atoms with Crippen LogP contribution in [0.4, 0.5) is 0 Å². The summed E-state index contributed by atoms with van der Waals surface area (Å²) in [4.78, 5) is 14.4. The fourth-order valence-electron chi connectivity index (χ4n) is 3.38. The standard InChI is InChI=1S/C27H39N3O4S/c1-19-6-7-22(14-20(19)2)15-23(17-33-25(31)27(3,4)5)30(26(29)35)16-21-8-10-24(11-9-21)34-18-32-13-12-28/h6-11,14,23H,12-13,15-18,28H2,1-5H3,(H2,29,35). The van der Waals surface area contributed by atoms with E-state index in [1.807, 2.05) is 49.9 Å². The molecule has 0 bridgehead atoms. The van der Waals surface area contributed by atoms with E-state index in [-0.39, 0.29) is 30.5 Å². The second-order valence-corrected chi connectivity index (χ2v) is 10.1. The highest BCUT2D eigenvalue weighted by Gasteiger charge is 2.27. The van der Waals surface area contributed by atoms with E-state index in [1.54, 1.807) is 0 Å². The Hall–Kier alpha value is -2.68. The fourth-order valence-corrected chi connectivity index (χ4v) is 3.59. The van der Waals surface area contributed by atoms with Gasteiger partial charge in [0.25, 0.3) is 0 Å². The third-order valence-corrected chi connectivity index (χ3v) is 5.87. The topological polar surface area (TPSA) is 100 Å². The van der Waals surface area contributed by atoms with Crippen LogP contribution in [-0.2, 0) is 27.2 Å². The number of carbonyl (C=O) groups excluding carboxylic acids is 1. The van der Waals surface area contributed by atoms with Gasteiger partial charge in [0, 0.05) is 13.1 Å². The second-order valence-electron chi connectivity index (χ2n) is 9.69. The summed E-state index contributed by atoms with van der Waals surface area (Å²) in [5.74, 6) is 0.433. The summed E-state index contributed by atoms with van der Waals surface area (Å²) in [6.07, 6.45) is 0.634. The van der Waals surface area contributed by atoms with Gasteiger partial charge in [0.05, 0.1) is 18.1 Å². The van der Waals surface area contributed by atoms with Crippen LogP contribution in [0.2, 0.25) is 0 Å². The van der Waals surface area contributed by atoms with Gasteiger partial charge in [0.15, 0.2) is 11.9 Å². The number of hydrogen-bond acceptors (Lipinski definition) is 6. The van der Waals surface area contributed by atoms with Crippen LogP contribution >= 0.6 is 12.2 Å². The maximum Gasteiger partial charge on any atom is 0.311 e. The van der Waals surface area contributed by atoms with Crippen LogP contribution in [0.5, 0.6) is 5.75 Å². The minimum absolute atomic E-state index is 0.146. The van der Waals surface area contributed by atoms with Gasteiger partial charge in [-0.1, -0.05) is 30.3 Å². The van der Waals surface area contributed by atoms with Crippen molar-refractivity contribution in [2.45, 2.75) is 53.6 Å². The molecule has 0 aliphatic rings. The van der Waals surface area contributed by atoms with Gasteiger partial charge < -0.3 is 30.6 Å². The average Bonchev–Trinajstić information content (AvgIpc) is 2.80. The lowest BCUT2D eigenvalue weighted by atomic mass is 9.97. The molecule has 0 radical (unpaired) electrons. The molecule has 0 aliphatic carbocycles. The molecule has 0 saturated heterocycles. The van der Waals surface area contributed by atoms with Crippen LogP contribution in [0.25, 0.3) is 0 Å². The predicted molar refractivity (Wildman–Crippen MR) is 143 cm³/mol. The van der Waals surface area contributed by atoms with Gasteiger partial charge >= 0.3 is 5.97 Å². The van der Waals surface area contributed by atoms with E-state index in [4.69, 9.17) is 37.9 Å². The summed E-state index contributed by atoms with van der Waals surface area (Å²) < 4.78 is 16.5. The van der Waals surface area contributed by atoms with Crippen molar-refractivity contribution in [1.29, 1.82) is 0 Å². The summed E-state index contributed by atoms with van der Waals surface area (Å²) in [5, 5.41) is 0.251. The molecule has 0 amide bonds. The Bertz CT molecular complexity index is 973. The number of hydrogen-bond donors (Lipinski definition) is 2. The van der Waals surface area contributed by atoms with Gasteiger partial charge in [-0.3, -0.25) is 4.79 Å². The first-order valence-electron chi connectivity index (χ1n) is 11.8. The maximum atomic E-state index is 12.5. The third-order valence-electron chi connectivity index (χ3n) is 5.63. The smallest absolute Gasteiger partial charge is 0.311 e. The van der Waals surface area contributed by atoms with Crippen LogP contribution in [0.15, 0.2) is 42.5 Å². The fraction of sp³-hybridized carbons (Fsp3) is 0.481. The van der Waals surface area contributed by atoms with Gasteiger partial charge in [-0.15, -0.1) is 0 Å². The molecule has 2 rings (SSSR count). The highest BCUT2D eigenvalue weighted by molar-refractivity contribution is 7.80. The van der Waals surface area contributed by atoms with Crippen molar-refractivity contribution in [2.24, 2.45) is 16.9 Å². The zero-order valence-corrected chi connectivity index (χ0v) is 22.3. The number of thiocarbonyl (C=S) groups is 1. The highest BCUT2D eigenvalue weighted by atomic mass is 32.1. The number of ether oxygens (including phenoxy) is 3. The van der Waals surface area contributed by atoms with Crippen molar-refractivity contribution in [3.63, 3.8) is 0 Å². The SMILES string of the molecule is Cc1ccc(CC(COC(=O)C(C)(C)C)N(Cc2ccc(OCOCCN)cc2)C(N)=S)cc1C. The van der Waals surface area contributed by atoms with E-state index in [2.05, 4.69) is 32.0 Å². The number of nitrogens with zero attached hydrogens (tertiary/aromatic N) is 1. The number of nitrogens with two attached hydrogens (primary N) is 2. The van der Waals surface area contributed by atoms with Gasteiger partial charge in [0.1, 0.15) is 12.4 Å². The number of rotatable bonds is 12. The van der Waals surface area contributed by atoms with Crippen LogP contribution < -0.4 is 16.2 Å². The molecule has 7 nitrogen and oxygen atoms in total. The predicted octanol–water partition coefficient (Wildman–Crippen LogP) is 3.86. The number of esters is 1. The quantitative estimate of drug-likeness (QED) is 0.196. The van der Waals surface area contributed by atoms with Gasteiger partial charge in [-0.25, -0.2) is 0 Å². The van der Waals surface area contributed by atoms with E-state index < -0.39 is 5.41 Å². The molecule has 0 spiro atoms. The van der Waals surface area contributed by atoms with E-state index >= 15 is 0 Å². The Morgan fingerprint density at radius 2 is 1.71 bits per heavy atom. The number of carbonyl (C=O) groups is 1. The molecule has 2 aromatic rings. The maximum absolute atomic E-state index is 12.5. The van der Waals surface area contributed by atoms with Crippen molar-refractivity contribution in [3.05, 3.63) is 64.7 Å². The molecular weight excluding hydrogens is 462 g/mol. The zero-order valence-electron chi connectivity index (χ0n) is 21.5. The summed E-state index contributed by atoms with van der Waals surface area (Å²) in [5.41, 5.74) is 15.6. The van der Waals surface area contributed by atoms with Crippen molar-refractivity contribution < 1.29 is 19.0 Å². The zero-order chi connectivity index (χ0) is 26.0. The van der Waals surface area contributed by atoms with Crippen LogP contribution in [0.3, 0.4) is 0 Å². The monoisotopic (exact) mass is 501 g/mol. The van der Waals surface area contributed by atoms with Crippen LogP contribution in [0, 0.1) is 19.3 Å². The molecule has 192 valence electrons. The summed E-state index contributed by atoms with van der Waals surface area (Å²) >= 11 is 5.43. The molecule has 0 fully saturated rings. The van der Waals surface area contributed by atoms with Crippen molar-refractivity contribution >= 4 is 23.3 Å². The largest absolute Gasteiger partial charge is 0.468 e. The molecule has 1 atom stereocenters. The minimum Gasteiger partial charge on any atom is -0.468 e. The molecule has 0 aromatic heterocycles. The molecule has 8 heteroatoms. The van der Waals surface area contributed by atoms with Crippen LogP contribution in [-0.4, -0.2) is 48.6 Å². The molecule has 0 heterocycles. The molecule has 2 aromatic carbocycles. The highest BCUT2D eigenvalue weighted by Crippen LogP contribution is 2.21. The minimum atomic E-state index is -0.594. The molecule has 0 saturated carbocycles. The van der Waals surface area contributed by atoms with Crippen molar-refractivity contribution in [1.82, 2.24) is 4.90 Å². The lowest BCUT2D eigenvalue weighted by Crippen LogP contribution is -2.47. The van der Waals surface area contributed by atoms with Crippen molar-refractivity contribution in [3.8, 4) is 5.75 Å². The van der Waals surface area contributed by atoms with Crippen molar-refractivity contribution in [2.75, 3.05) is 26.6 Å². The summed E-state index contributed by atoms with van der Waals surface area (Å²) in [6.45, 7) is 11.4. The first-order chi connectivity index (χ1) is 16.5. The van der Waals surface area contributed by atoms with Gasteiger partial charge in [-0.05, 0) is 87.6 Å². The molecule has 1 unspecified atom stereocenters. The van der Waals surface area contributed by atoms with Gasteiger partial charge in [-0.2, -0.15) is 0 Å². The Kier molecular flexibility index (Phi) is 10.9. The number of aryl methyl sites for hydroxylation is 2. The first-order valence-corrected chi connectivity index (χ1v) is 12.2. The second kappa shape index (κ2) is 13.4. The Morgan fingerprint density at radius 3 is 2.29 bits per heavy atom. The van der Waals surface area contributed by atoms with E-state index in [0.717, 1.165) is 11.1 Å². The van der Waals surface area contributed by atoms with E-state index in [0.29, 0.717) is 31.9 Å². The van der Waals surface area contributed by atoms with Gasteiger partial charge in [0.2, 0.25) is 0 Å². The molecule has 35 heavy (non-hydrogen) atoms. The third kappa shape index (κ3) is 9.47. The number of benzene rings is 2.